The lowest BCUT2D eigenvalue weighted by Crippen LogP contribution is -2.37. The van der Waals surface area contributed by atoms with E-state index in [1.54, 1.807) is 0 Å². The summed E-state index contributed by atoms with van der Waals surface area (Å²) in [6, 6.07) is 7.92. The van der Waals surface area contributed by atoms with Gasteiger partial charge in [-0.3, -0.25) is 9.59 Å². The molecule has 0 atom stereocenters. The summed E-state index contributed by atoms with van der Waals surface area (Å²) in [6.45, 7) is -3.40. The third kappa shape index (κ3) is 6.83. The van der Waals surface area contributed by atoms with Gasteiger partial charge in [-0.1, -0.05) is 12.1 Å². The average molecular weight is 446 g/mol. The highest BCUT2D eigenvalue weighted by Crippen LogP contribution is 2.30. The Bertz CT molecular complexity index is 917. The van der Waals surface area contributed by atoms with Gasteiger partial charge >= 0.3 is 12.8 Å². The Morgan fingerprint density at radius 1 is 1.06 bits per heavy atom. The van der Waals surface area contributed by atoms with Crippen molar-refractivity contribution >= 4 is 11.8 Å². The smallest absolute Gasteiger partial charge is 0.416 e. The van der Waals surface area contributed by atoms with E-state index in [1.807, 2.05) is 0 Å². The van der Waals surface area contributed by atoms with Crippen molar-refractivity contribution in [3.05, 3.63) is 59.2 Å². The number of likely N-dealkylation sites (N-methyl/N-ethyl adjacent to an activating group) is 1. The number of benzene rings is 2. The van der Waals surface area contributed by atoms with Crippen LogP contribution < -0.4 is 14.8 Å². The van der Waals surface area contributed by atoms with Crippen LogP contribution in [0.2, 0.25) is 0 Å². The van der Waals surface area contributed by atoms with Crippen molar-refractivity contribution in [3.8, 4) is 11.5 Å². The number of amides is 2. The van der Waals surface area contributed by atoms with Crippen molar-refractivity contribution < 1.29 is 41.0 Å². The van der Waals surface area contributed by atoms with Crippen LogP contribution in [-0.2, 0) is 17.5 Å². The molecule has 2 aromatic carbocycles. The number of hydrogen-bond acceptors (Lipinski definition) is 4. The summed E-state index contributed by atoms with van der Waals surface area (Å²) in [6.07, 6.45) is -4.45. The fourth-order valence-electron chi connectivity index (χ4n) is 2.56. The third-order valence-electron chi connectivity index (χ3n) is 4.17. The largest absolute Gasteiger partial charge is 0.493 e. The van der Waals surface area contributed by atoms with Crippen LogP contribution in [0.15, 0.2) is 42.5 Å². The minimum absolute atomic E-state index is 0.0420. The van der Waals surface area contributed by atoms with Gasteiger partial charge in [-0.15, -0.1) is 0 Å². The molecule has 31 heavy (non-hydrogen) atoms. The van der Waals surface area contributed by atoms with Gasteiger partial charge in [-0.05, 0) is 35.9 Å². The van der Waals surface area contributed by atoms with Crippen molar-refractivity contribution in [1.29, 1.82) is 0 Å². The molecule has 0 spiro atoms. The lowest BCUT2D eigenvalue weighted by Gasteiger charge is -2.18. The molecule has 1 N–H and O–H groups in total. The summed E-state index contributed by atoms with van der Waals surface area (Å²) in [5.74, 6) is -1.48. The number of nitrogens with one attached hydrogen (secondary N) is 1. The molecule has 168 valence electrons. The second-order valence-electron chi connectivity index (χ2n) is 6.37. The maximum absolute atomic E-state index is 12.6. The van der Waals surface area contributed by atoms with Gasteiger partial charge in [0.05, 0.1) is 19.2 Å². The van der Waals surface area contributed by atoms with Crippen LogP contribution >= 0.6 is 0 Å². The monoisotopic (exact) mass is 446 g/mol. The van der Waals surface area contributed by atoms with Crippen molar-refractivity contribution in [1.82, 2.24) is 10.2 Å². The lowest BCUT2D eigenvalue weighted by molar-refractivity contribution is -0.137. The normalized spacial score (nSPS) is 11.2. The number of alkyl halides is 5. The summed E-state index contributed by atoms with van der Waals surface area (Å²) < 4.78 is 71.7. The molecule has 0 unspecified atom stereocenters. The first-order valence-corrected chi connectivity index (χ1v) is 8.82. The number of halogens is 5. The molecule has 0 saturated carbocycles. The van der Waals surface area contributed by atoms with E-state index in [4.69, 9.17) is 4.74 Å². The van der Waals surface area contributed by atoms with Crippen LogP contribution in [0.25, 0.3) is 0 Å². The molecule has 0 fully saturated rings. The molecule has 0 heterocycles. The highest BCUT2D eigenvalue weighted by atomic mass is 19.4. The molecule has 2 amide bonds. The first kappa shape index (κ1) is 23.9. The SMILES string of the molecule is COc1cc(C(=O)NCC(=O)N(C)Cc2ccc(C(F)(F)F)cc2)ccc1OC(F)F. The van der Waals surface area contributed by atoms with Crippen molar-refractivity contribution in [2.45, 2.75) is 19.3 Å². The van der Waals surface area contributed by atoms with Gasteiger partial charge < -0.3 is 19.7 Å². The molecule has 6 nitrogen and oxygen atoms in total. The zero-order valence-corrected chi connectivity index (χ0v) is 16.5. The highest BCUT2D eigenvalue weighted by molar-refractivity contribution is 5.97. The molecule has 0 aliphatic rings. The van der Waals surface area contributed by atoms with E-state index in [0.29, 0.717) is 5.56 Å². The van der Waals surface area contributed by atoms with Crippen LogP contribution in [0.3, 0.4) is 0 Å². The van der Waals surface area contributed by atoms with Gasteiger partial charge in [-0.2, -0.15) is 22.0 Å². The van der Waals surface area contributed by atoms with Crippen LogP contribution in [-0.4, -0.2) is 44.0 Å². The number of nitrogens with zero attached hydrogens (tertiary/aromatic N) is 1. The lowest BCUT2D eigenvalue weighted by atomic mass is 10.1. The van der Waals surface area contributed by atoms with E-state index in [1.165, 1.54) is 43.3 Å². The maximum atomic E-state index is 12.6. The molecule has 2 aromatic rings. The van der Waals surface area contributed by atoms with Crippen LogP contribution in [0.4, 0.5) is 22.0 Å². The summed E-state index contributed by atoms with van der Waals surface area (Å²) in [5.41, 5.74) is -0.260. The number of methoxy groups -OCH3 is 1. The van der Waals surface area contributed by atoms with E-state index < -0.39 is 30.2 Å². The predicted octanol–water partition coefficient (Wildman–Crippen LogP) is 3.70. The second-order valence-corrected chi connectivity index (χ2v) is 6.37. The van der Waals surface area contributed by atoms with Gasteiger partial charge in [0, 0.05) is 19.2 Å². The zero-order chi connectivity index (χ0) is 23.2. The van der Waals surface area contributed by atoms with E-state index in [0.717, 1.165) is 18.2 Å². The average Bonchev–Trinajstić information content (AvgIpc) is 2.71. The molecule has 0 bridgehead atoms. The Kier molecular flexibility index (Phi) is 7.78. The molecule has 2 rings (SSSR count). The van der Waals surface area contributed by atoms with Crippen molar-refractivity contribution in [2.24, 2.45) is 0 Å². The first-order valence-electron chi connectivity index (χ1n) is 8.82. The topological polar surface area (TPSA) is 67.9 Å². The van der Waals surface area contributed by atoms with E-state index in [-0.39, 0.29) is 30.2 Å². The van der Waals surface area contributed by atoms with E-state index >= 15 is 0 Å². The minimum Gasteiger partial charge on any atom is -0.493 e. The number of ether oxygens (including phenoxy) is 2. The van der Waals surface area contributed by atoms with Gasteiger partial charge in [-0.25, -0.2) is 0 Å². The van der Waals surface area contributed by atoms with Crippen LogP contribution in [0.1, 0.15) is 21.5 Å². The Morgan fingerprint density at radius 3 is 2.26 bits per heavy atom. The maximum Gasteiger partial charge on any atom is 0.416 e. The van der Waals surface area contributed by atoms with Crippen molar-refractivity contribution in [2.75, 3.05) is 20.7 Å². The summed E-state index contributed by atoms with van der Waals surface area (Å²) in [5, 5.41) is 2.38. The number of hydrogen-bond donors (Lipinski definition) is 1. The third-order valence-corrected chi connectivity index (χ3v) is 4.17. The first-order chi connectivity index (χ1) is 14.5. The zero-order valence-electron chi connectivity index (χ0n) is 16.5. The summed E-state index contributed by atoms with van der Waals surface area (Å²) >= 11 is 0. The fraction of sp³-hybridized carbons (Fsp3) is 0.300. The molecule has 0 aromatic heterocycles. The quantitative estimate of drug-likeness (QED) is 0.628. The van der Waals surface area contributed by atoms with Gasteiger partial charge in [0.1, 0.15) is 0 Å². The molecule has 0 aliphatic heterocycles. The van der Waals surface area contributed by atoms with E-state index in [2.05, 4.69) is 10.1 Å². The Hall–Kier alpha value is -3.37. The molecular formula is C20H19F5N2O4. The number of carbonyl (C=O) groups is 2. The van der Waals surface area contributed by atoms with Gasteiger partial charge in [0.25, 0.3) is 5.91 Å². The number of rotatable bonds is 8. The van der Waals surface area contributed by atoms with Crippen molar-refractivity contribution in [3.63, 3.8) is 0 Å². The van der Waals surface area contributed by atoms with Crippen LogP contribution in [0.5, 0.6) is 11.5 Å². The summed E-state index contributed by atoms with van der Waals surface area (Å²) in [4.78, 5) is 25.7. The predicted molar refractivity (Wildman–Crippen MR) is 99.9 cm³/mol. The Morgan fingerprint density at radius 2 is 1.71 bits per heavy atom. The molecule has 0 radical (unpaired) electrons. The second kappa shape index (κ2) is 10.1. The summed E-state index contributed by atoms with van der Waals surface area (Å²) in [7, 11) is 2.65. The standard InChI is InChI=1S/C20H19F5N2O4/c1-27(11-12-3-6-14(7-4-12)20(23,24)25)17(28)10-26-18(29)13-5-8-15(31-19(21)22)16(9-13)30-2/h3-9,19H,10-11H2,1-2H3,(H,26,29). The van der Waals surface area contributed by atoms with Gasteiger partial charge in [0.15, 0.2) is 11.5 Å². The fourth-order valence-corrected chi connectivity index (χ4v) is 2.56. The minimum atomic E-state index is -4.45. The molecule has 0 saturated heterocycles. The Balaban J connectivity index is 1.93. The van der Waals surface area contributed by atoms with E-state index in [9.17, 15) is 31.5 Å². The molecular weight excluding hydrogens is 427 g/mol. The molecule has 0 aliphatic carbocycles. The van der Waals surface area contributed by atoms with Gasteiger partial charge in [0.2, 0.25) is 5.91 Å². The molecule has 11 heteroatoms. The Labute approximate surface area is 174 Å². The number of carbonyl (C=O) groups excluding carboxylic acids is 2. The van der Waals surface area contributed by atoms with Crippen LogP contribution in [0, 0.1) is 0 Å². The highest BCUT2D eigenvalue weighted by Gasteiger charge is 2.30.